The Bertz CT molecular complexity index is 965. The number of aromatic amines is 1. The third-order valence-electron chi connectivity index (χ3n) is 4.66. The third-order valence-corrected chi connectivity index (χ3v) is 6.60. The van der Waals surface area contributed by atoms with Crippen LogP contribution in [0.25, 0.3) is 10.9 Å². The molecule has 2 aromatic carbocycles. The summed E-state index contributed by atoms with van der Waals surface area (Å²) < 4.78 is 27.7. The zero-order valence-corrected chi connectivity index (χ0v) is 17.1. The van der Waals surface area contributed by atoms with Crippen molar-refractivity contribution in [3.8, 4) is 0 Å². The highest BCUT2D eigenvalue weighted by Crippen LogP contribution is 2.22. The second-order valence-electron chi connectivity index (χ2n) is 6.46. The number of sulfonamides is 1. The van der Waals surface area contributed by atoms with Gasteiger partial charge in [-0.2, -0.15) is 0 Å². The van der Waals surface area contributed by atoms with Crippen molar-refractivity contribution in [3.63, 3.8) is 0 Å². The fourth-order valence-electron chi connectivity index (χ4n) is 3.05. The molecule has 26 heavy (non-hydrogen) atoms. The van der Waals surface area contributed by atoms with E-state index in [2.05, 4.69) is 32.6 Å². The largest absolute Gasteiger partial charge is 0.361 e. The molecule has 3 rings (SSSR count). The lowest BCUT2D eigenvalue weighted by Gasteiger charge is -2.11. The first kappa shape index (κ1) is 19.1. The van der Waals surface area contributed by atoms with Gasteiger partial charge in [0.1, 0.15) is 0 Å². The Balaban J connectivity index is 1.63. The van der Waals surface area contributed by atoms with Crippen LogP contribution in [-0.4, -0.2) is 25.3 Å². The summed E-state index contributed by atoms with van der Waals surface area (Å²) in [4.78, 5) is 3.53. The lowest BCUT2D eigenvalue weighted by atomic mass is 9.99. The van der Waals surface area contributed by atoms with E-state index in [-0.39, 0.29) is 0 Å². The van der Waals surface area contributed by atoms with Crippen LogP contribution in [0.15, 0.2) is 59.6 Å². The van der Waals surface area contributed by atoms with Gasteiger partial charge in [-0.1, -0.05) is 53.2 Å². The van der Waals surface area contributed by atoms with E-state index in [1.54, 1.807) is 12.1 Å². The van der Waals surface area contributed by atoms with Gasteiger partial charge in [0.2, 0.25) is 10.0 Å². The van der Waals surface area contributed by atoms with Crippen LogP contribution >= 0.6 is 15.9 Å². The van der Waals surface area contributed by atoms with Crippen LogP contribution in [0.2, 0.25) is 0 Å². The second kappa shape index (κ2) is 8.37. The average Bonchev–Trinajstić information content (AvgIpc) is 3.05. The Morgan fingerprint density at radius 3 is 2.58 bits per heavy atom. The molecule has 0 spiro atoms. The van der Waals surface area contributed by atoms with Gasteiger partial charge >= 0.3 is 0 Å². The van der Waals surface area contributed by atoms with Crippen LogP contribution in [0.3, 0.4) is 0 Å². The normalized spacial score (nSPS) is 13.2. The van der Waals surface area contributed by atoms with Crippen molar-refractivity contribution in [2.24, 2.45) is 0 Å². The number of nitrogens with one attached hydrogen (secondary N) is 2. The van der Waals surface area contributed by atoms with Gasteiger partial charge < -0.3 is 4.98 Å². The molecule has 0 saturated carbocycles. The van der Waals surface area contributed by atoms with Crippen molar-refractivity contribution in [3.05, 3.63) is 65.9 Å². The molecule has 0 fully saturated rings. The van der Waals surface area contributed by atoms with Crippen molar-refractivity contribution in [1.29, 1.82) is 0 Å². The molecule has 3 aromatic rings. The van der Waals surface area contributed by atoms with Crippen LogP contribution in [0.1, 0.15) is 30.4 Å². The minimum Gasteiger partial charge on any atom is -0.361 e. The predicted octanol–water partition coefficient (Wildman–Crippen LogP) is 4.58. The zero-order chi connectivity index (χ0) is 18.6. The molecule has 4 nitrogen and oxygen atoms in total. The van der Waals surface area contributed by atoms with E-state index in [0.717, 1.165) is 33.8 Å². The van der Waals surface area contributed by atoms with E-state index in [4.69, 9.17) is 0 Å². The van der Waals surface area contributed by atoms with Crippen LogP contribution in [0.4, 0.5) is 0 Å². The second-order valence-corrected chi connectivity index (χ2v) is 9.01. The summed E-state index contributed by atoms with van der Waals surface area (Å²) in [6, 6.07) is 15.2. The number of aromatic nitrogens is 1. The molecule has 0 saturated heterocycles. The van der Waals surface area contributed by atoms with E-state index >= 15 is 0 Å². The molecule has 0 unspecified atom stereocenters. The average molecular weight is 435 g/mol. The minimum atomic E-state index is -3.49. The third kappa shape index (κ3) is 4.37. The highest BCUT2D eigenvalue weighted by Gasteiger charge is 2.14. The van der Waals surface area contributed by atoms with Crippen LogP contribution in [0, 0.1) is 0 Å². The number of fused-ring (bicyclic) bond motifs is 1. The molecule has 0 bridgehead atoms. The van der Waals surface area contributed by atoms with E-state index in [1.165, 1.54) is 0 Å². The monoisotopic (exact) mass is 434 g/mol. The summed E-state index contributed by atoms with van der Waals surface area (Å²) >= 11 is 3.45. The summed E-state index contributed by atoms with van der Waals surface area (Å²) in [5.74, 6) is 0.404. The van der Waals surface area contributed by atoms with Gasteiger partial charge in [-0.05, 0) is 48.1 Å². The van der Waals surface area contributed by atoms with Gasteiger partial charge in [-0.3, -0.25) is 0 Å². The first-order valence-electron chi connectivity index (χ1n) is 8.72. The summed E-state index contributed by atoms with van der Waals surface area (Å²) in [6.45, 7) is 2.51. The lowest BCUT2D eigenvalue weighted by molar-refractivity contribution is 0.581. The highest BCUT2D eigenvalue weighted by molar-refractivity contribution is 9.09. The van der Waals surface area contributed by atoms with Gasteiger partial charge in [-0.25, -0.2) is 13.1 Å². The summed E-state index contributed by atoms with van der Waals surface area (Å²) in [6.07, 6.45) is 3.61. The Morgan fingerprint density at radius 2 is 1.85 bits per heavy atom. The quantitative estimate of drug-likeness (QED) is 0.509. The minimum absolute atomic E-state index is 0.311. The van der Waals surface area contributed by atoms with Crippen LogP contribution in [0.5, 0.6) is 0 Å². The molecule has 0 aliphatic carbocycles. The molecule has 0 amide bonds. The van der Waals surface area contributed by atoms with Crippen LogP contribution in [-0.2, 0) is 16.4 Å². The Kier molecular flexibility index (Phi) is 6.16. The zero-order valence-electron chi connectivity index (χ0n) is 14.7. The number of hydrogen-bond donors (Lipinski definition) is 2. The van der Waals surface area contributed by atoms with E-state index in [9.17, 15) is 8.42 Å². The van der Waals surface area contributed by atoms with Crippen molar-refractivity contribution in [2.45, 2.75) is 30.6 Å². The van der Waals surface area contributed by atoms with Crippen molar-refractivity contribution in [2.75, 3.05) is 11.9 Å². The molecule has 0 radical (unpaired) electrons. The first-order chi connectivity index (χ1) is 12.5. The fourth-order valence-corrected chi connectivity index (χ4v) is 4.77. The van der Waals surface area contributed by atoms with E-state index in [1.807, 2.05) is 42.6 Å². The van der Waals surface area contributed by atoms with Gasteiger partial charge in [-0.15, -0.1) is 0 Å². The van der Waals surface area contributed by atoms with Gasteiger partial charge in [0.05, 0.1) is 4.90 Å². The smallest absolute Gasteiger partial charge is 0.240 e. The number of rotatable bonds is 8. The number of H-pyrrole nitrogens is 1. The Morgan fingerprint density at radius 1 is 1.12 bits per heavy atom. The highest BCUT2D eigenvalue weighted by atomic mass is 79.9. The van der Waals surface area contributed by atoms with Crippen molar-refractivity contribution >= 4 is 36.9 Å². The molecule has 1 heterocycles. The fraction of sp³-hybridized carbons (Fsp3) is 0.300. The summed E-state index contributed by atoms with van der Waals surface area (Å²) in [7, 11) is -3.49. The summed E-state index contributed by atoms with van der Waals surface area (Å²) in [5, 5.41) is 2.07. The SMILES string of the molecule is C[C@H](CCBr)c1ccc(S(=O)(=O)NCCc2c[nH]c3ccccc23)cc1. The van der Waals surface area contributed by atoms with Crippen molar-refractivity contribution < 1.29 is 8.42 Å². The molecule has 138 valence electrons. The van der Waals surface area contributed by atoms with Gasteiger partial charge in [0.25, 0.3) is 0 Å². The molecule has 1 aromatic heterocycles. The van der Waals surface area contributed by atoms with Gasteiger partial charge in [0, 0.05) is 29.0 Å². The molecule has 1 atom stereocenters. The number of benzene rings is 2. The van der Waals surface area contributed by atoms with Crippen molar-refractivity contribution in [1.82, 2.24) is 9.71 Å². The lowest BCUT2D eigenvalue weighted by Crippen LogP contribution is -2.26. The molecule has 6 heteroatoms. The standard InChI is InChI=1S/C20H23BrN2O2S/c1-15(10-12-21)16-6-8-18(9-7-16)26(24,25)23-13-11-17-14-22-20-5-3-2-4-19(17)20/h2-9,14-15,22-23H,10-13H2,1H3/t15-/m1/s1. The number of hydrogen-bond acceptors (Lipinski definition) is 2. The van der Waals surface area contributed by atoms with E-state index in [0.29, 0.717) is 23.8 Å². The summed E-state index contributed by atoms with van der Waals surface area (Å²) in [5.41, 5.74) is 3.34. The number of para-hydroxylation sites is 1. The predicted molar refractivity (Wildman–Crippen MR) is 110 cm³/mol. The Hall–Kier alpha value is -1.63. The number of alkyl halides is 1. The van der Waals surface area contributed by atoms with E-state index < -0.39 is 10.0 Å². The first-order valence-corrected chi connectivity index (χ1v) is 11.3. The maximum absolute atomic E-state index is 12.5. The Labute approximate surface area is 163 Å². The van der Waals surface area contributed by atoms with Crippen LogP contribution < -0.4 is 4.72 Å². The molecule has 0 aliphatic heterocycles. The maximum atomic E-state index is 12.5. The maximum Gasteiger partial charge on any atom is 0.240 e. The molecule has 0 aliphatic rings. The molecule has 2 N–H and O–H groups in total. The number of halogens is 1. The molecular weight excluding hydrogens is 412 g/mol. The topological polar surface area (TPSA) is 62.0 Å². The molecular formula is C20H23BrN2O2S. The van der Waals surface area contributed by atoms with Gasteiger partial charge in [0.15, 0.2) is 0 Å².